The summed E-state index contributed by atoms with van der Waals surface area (Å²) in [5.74, 6) is 0.624. The number of halogens is 1. The second kappa shape index (κ2) is 5.70. The minimum absolute atomic E-state index is 0.0411. The maximum Gasteiger partial charge on any atom is 0.274 e. The maximum atomic E-state index is 13.1. The Balaban J connectivity index is 1.56. The Bertz CT molecular complexity index is 770. The zero-order chi connectivity index (χ0) is 16.8. The average molecular weight is 328 g/mol. The molecule has 24 heavy (non-hydrogen) atoms. The minimum atomic E-state index is -0.292. The van der Waals surface area contributed by atoms with Crippen molar-refractivity contribution in [2.75, 3.05) is 13.1 Å². The molecule has 1 aromatic carbocycles. The van der Waals surface area contributed by atoms with Crippen molar-refractivity contribution in [1.29, 1.82) is 0 Å². The highest BCUT2D eigenvalue weighted by Crippen LogP contribution is 2.37. The van der Waals surface area contributed by atoms with Crippen molar-refractivity contribution in [2.24, 2.45) is 17.6 Å². The molecule has 1 aliphatic heterocycles. The molecule has 126 valence electrons. The highest BCUT2D eigenvalue weighted by molar-refractivity contribution is 5.92. The number of aromatic nitrogens is 2. The lowest BCUT2D eigenvalue weighted by atomic mass is 9.98. The number of hydrogen-bond donors (Lipinski definition) is 1. The van der Waals surface area contributed by atoms with Crippen LogP contribution in [0.5, 0.6) is 0 Å². The summed E-state index contributed by atoms with van der Waals surface area (Å²) in [4.78, 5) is 14.7. The van der Waals surface area contributed by atoms with Gasteiger partial charge in [0.25, 0.3) is 5.91 Å². The van der Waals surface area contributed by atoms with Crippen molar-refractivity contribution >= 4 is 5.91 Å². The smallest absolute Gasteiger partial charge is 0.274 e. The van der Waals surface area contributed by atoms with E-state index in [1.165, 1.54) is 12.1 Å². The third-order valence-electron chi connectivity index (χ3n) is 5.38. The molecule has 4 rings (SSSR count). The van der Waals surface area contributed by atoms with Gasteiger partial charge in [-0.25, -0.2) is 9.07 Å². The van der Waals surface area contributed by atoms with Crippen molar-refractivity contribution in [3.8, 4) is 5.69 Å². The molecule has 1 saturated carbocycles. The standard InChI is InChI=1S/C18H21FN4O/c1-11-8-17(21-23(11)14-5-3-13(19)4-6-14)18(24)22-9-12-2-7-16(20)15(12)10-22/h3-6,8,12,15-16H,2,7,9-10,20H2,1H3. The number of carbonyl (C=O) groups is 1. The summed E-state index contributed by atoms with van der Waals surface area (Å²) < 4.78 is 14.8. The van der Waals surface area contributed by atoms with E-state index in [4.69, 9.17) is 5.73 Å². The summed E-state index contributed by atoms with van der Waals surface area (Å²) in [7, 11) is 0. The Kier molecular flexibility index (Phi) is 3.64. The van der Waals surface area contributed by atoms with Gasteiger partial charge in [-0.2, -0.15) is 5.10 Å². The van der Waals surface area contributed by atoms with Gasteiger partial charge >= 0.3 is 0 Å². The highest BCUT2D eigenvalue weighted by atomic mass is 19.1. The van der Waals surface area contributed by atoms with Gasteiger partial charge in [0.05, 0.1) is 5.69 Å². The number of rotatable bonds is 2. The number of hydrogen-bond acceptors (Lipinski definition) is 3. The minimum Gasteiger partial charge on any atom is -0.337 e. The van der Waals surface area contributed by atoms with Crippen molar-refractivity contribution in [2.45, 2.75) is 25.8 Å². The van der Waals surface area contributed by atoms with Gasteiger partial charge in [0, 0.05) is 24.8 Å². The van der Waals surface area contributed by atoms with Crippen LogP contribution in [0.2, 0.25) is 0 Å². The molecule has 1 amide bonds. The zero-order valence-electron chi connectivity index (χ0n) is 13.7. The molecule has 2 heterocycles. The van der Waals surface area contributed by atoms with Crippen molar-refractivity contribution in [3.63, 3.8) is 0 Å². The highest BCUT2D eigenvalue weighted by Gasteiger charge is 2.43. The van der Waals surface area contributed by atoms with Crippen LogP contribution in [0.25, 0.3) is 5.69 Å². The molecule has 1 aliphatic carbocycles. The third-order valence-corrected chi connectivity index (χ3v) is 5.38. The summed E-state index contributed by atoms with van der Waals surface area (Å²) in [6, 6.07) is 8.10. The largest absolute Gasteiger partial charge is 0.337 e. The Morgan fingerprint density at radius 3 is 2.71 bits per heavy atom. The van der Waals surface area contributed by atoms with E-state index in [1.807, 2.05) is 11.8 Å². The third kappa shape index (κ3) is 2.51. The second-order valence-electron chi connectivity index (χ2n) is 6.93. The number of nitrogens with zero attached hydrogens (tertiary/aromatic N) is 3. The van der Waals surface area contributed by atoms with Crippen LogP contribution in [0, 0.1) is 24.6 Å². The van der Waals surface area contributed by atoms with Gasteiger partial charge < -0.3 is 10.6 Å². The van der Waals surface area contributed by atoms with E-state index in [0.29, 0.717) is 17.5 Å². The number of benzene rings is 1. The monoisotopic (exact) mass is 328 g/mol. The van der Waals surface area contributed by atoms with Gasteiger partial charge in [0.2, 0.25) is 0 Å². The van der Waals surface area contributed by atoms with E-state index < -0.39 is 0 Å². The lowest BCUT2D eigenvalue weighted by Gasteiger charge is -2.17. The summed E-state index contributed by atoms with van der Waals surface area (Å²) in [6.45, 7) is 3.40. The Morgan fingerprint density at radius 1 is 1.25 bits per heavy atom. The van der Waals surface area contributed by atoms with E-state index in [0.717, 1.165) is 37.3 Å². The molecule has 2 aromatic rings. The van der Waals surface area contributed by atoms with Gasteiger partial charge in [-0.3, -0.25) is 4.79 Å². The summed E-state index contributed by atoms with van der Waals surface area (Å²) in [5.41, 5.74) is 8.18. The summed E-state index contributed by atoms with van der Waals surface area (Å²) in [6.07, 6.45) is 2.17. The van der Waals surface area contributed by atoms with Crippen LogP contribution in [0.3, 0.4) is 0 Å². The first-order chi connectivity index (χ1) is 11.5. The molecule has 5 nitrogen and oxygen atoms in total. The number of aryl methyl sites for hydroxylation is 1. The molecule has 2 N–H and O–H groups in total. The number of nitrogens with two attached hydrogens (primary N) is 1. The van der Waals surface area contributed by atoms with Crippen LogP contribution in [-0.2, 0) is 0 Å². The summed E-state index contributed by atoms with van der Waals surface area (Å²) in [5, 5.41) is 4.44. The fourth-order valence-corrected chi connectivity index (χ4v) is 4.06. The first kappa shape index (κ1) is 15.3. The van der Waals surface area contributed by atoms with Crippen LogP contribution in [0.1, 0.15) is 29.0 Å². The van der Waals surface area contributed by atoms with Gasteiger partial charge in [0.15, 0.2) is 5.69 Å². The normalized spacial score (nSPS) is 26.0. The SMILES string of the molecule is Cc1cc(C(=O)N2CC3CCC(N)C3C2)nn1-c1ccc(F)cc1. The van der Waals surface area contributed by atoms with E-state index >= 15 is 0 Å². The molecule has 3 atom stereocenters. The zero-order valence-corrected chi connectivity index (χ0v) is 13.7. The second-order valence-corrected chi connectivity index (χ2v) is 6.93. The van der Waals surface area contributed by atoms with Crippen molar-refractivity contribution in [3.05, 3.63) is 47.5 Å². The van der Waals surface area contributed by atoms with Crippen LogP contribution in [0.4, 0.5) is 4.39 Å². The number of likely N-dealkylation sites (tertiary alicyclic amines) is 1. The predicted octanol–water partition coefficient (Wildman–Crippen LogP) is 2.13. The molecule has 0 radical (unpaired) electrons. The molecule has 0 spiro atoms. The quantitative estimate of drug-likeness (QED) is 0.918. The number of fused-ring (bicyclic) bond motifs is 1. The molecule has 2 aliphatic rings. The Labute approximate surface area is 140 Å². The maximum absolute atomic E-state index is 13.1. The van der Waals surface area contributed by atoms with Crippen LogP contribution >= 0.6 is 0 Å². The van der Waals surface area contributed by atoms with Crippen molar-refractivity contribution < 1.29 is 9.18 Å². The molecule has 2 fully saturated rings. The Morgan fingerprint density at radius 2 is 2.00 bits per heavy atom. The molecule has 0 bridgehead atoms. The number of amides is 1. The summed E-state index contributed by atoms with van der Waals surface area (Å²) >= 11 is 0. The van der Waals surface area contributed by atoms with Gasteiger partial charge in [-0.05, 0) is 61.9 Å². The molecule has 3 unspecified atom stereocenters. The van der Waals surface area contributed by atoms with Crippen LogP contribution in [0.15, 0.2) is 30.3 Å². The molecule has 1 aromatic heterocycles. The van der Waals surface area contributed by atoms with E-state index in [2.05, 4.69) is 5.10 Å². The van der Waals surface area contributed by atoms with E-state index in [1.54, 1.807) is 22.9 Å². The molecular formula is C18H21FN4O. The molecule has 1 saturated heterocycles. The van der Waals surface area contributed by atoms with E-state index in [-0.39, 0.29) is 17.8 Å². The van der Waals surface area contributed by atoms with Gasteiger partial charge in [-0.15, -0.1) is 0 Å². The fraction of sp³-hybridized carbons (Fsp3) is 0.444. The lowest BCUT2D eigenvalue weighted by molar-refractivity contribution is 0.0773. The van der Waals surface area contributed by atoms with Crippen LogP contribution < -0.4 is 5.73 Å². The topological polar surface area (TPSA) is 64.2 Å². The van der Waals surface area contributed by atoms with E-state index in [9.17, 15) is 9.18 Å². The molecular weight excluding hydrogens is 307 g/mol. The van der Waals surface area contributed by atoms with Crippen LogP contribution in [-0.4, -0.2) is 39.7 Å². The van der Waals surface area contributed by atoms with Gasteiger partial charge in [0.1, 0.15) is 5.82 Å². The first-order valence-corrected chi connectivity index (χ1v) is 8.40. The predicted molar refractivity (Wildman–Crippen MR) is 88.4 cm³/mol. The molecule has 6 heteroatoms. The Hall–Kier alpha value is -2.21. The fourth-order valence-electron chi connectivity index (χ4n) is 4.06. The number of carbonyl (C=O) groups excluding carboxylic acids is 1. The van der Waals surface area contributed by atoms with Crippen molar-refractivity contribution in [1.82, 2.24) is 14.7 Å². The average Bonchev–Trinajstić information content (AvgIpc) is 3.24. The lowest BCUT2D eigenvalue weighted by Crippen LogP contribution is -2.33. The first-order valence-electron chi connectivity index (χ1n) is 8.40. The van der Waals surface area contributed by atoms with Gasteiger partial charge in [-0.1, -0.05) is 0 Å².